The second kappa shape index (κ2) is 12.1. The number of amides is 1. The van der Waals surface area contributed by atoms with Gasteiger partial charge in [0.25, 0.3) is 0 Å². The number of hydrogen-bond acceptors (Lipinski definition) is 7. The number of methoxy groups -OCH3 is 2. The van der Waals surface area contributed by atoms with Crippen LogP contribution in [-0.4, -0.2) is 60.1 Å². The minimum Gasteiger partial charge on any atom is -0.497 e. The Morgan fingerprint density at radius 2 is 1.33 bits per heavy atom. The van der Waals surface area contributed by atoms with Crippen LogP contribution in [0.2, 0.25) is 0 Å². The molecule has 0 radical (unpaired) electrons. The number of carbonyl (C=O) groups is 2. The third-order valence-corrected chi connectivity index (χ3v) is 6.99. The number of benzene rings is 2. The van der Waals surface area contributed by atoms with E-state index in [0.29, 0.717) is 26.9 Å². The number of rotatable bonds is 11. The topological polar surface area (TPSA) is 123 Å². The molecule has 0 fully saturated rings. The second-order valence-electron chi connectivity index (χ2n) is 9.00. The van der Waals surface area contributed by atoms with E-state index in [9.17, 15) is 23.1 Å². The highest BCUT2D eigenvalue weighted by Gasteiger charge is 2.41. The lowest BCUT2D eigenvalue weighted by molar-refractivity contribution is -0.141. The Balaban J connectivity index is 2.56. The molecule has 36 heavy (non-hydrogen) atoms. The Labute approximate surface area is 212 Å². The molecule has 2 aromatic rings. The molecule has 0 saturated heterocycles. The molecule has 1 N–H and O–H groups in total. The van der Waals surface area contributed by atoms with Crippen molar-refractivity contribution in [2.45, 2.75) is 58.8 Å². The molecule has 10 nitrogen and oxygen atoms in total. The zero-order valence-corrected chi connectivity index (χ0v) is 22.2. The fourth-order valence-electron chi connectivity index (χ4n) is 3.34. The van der Waals surface area contributed by atoms with Crippen LogP contribution in [0.3, 0.4) is 0 Å². The summed E-state index contributed by atoms with van der Waals surface area (Å²) in [5.74, 6) is -0.208. The molecule has 0 spiro atoms. The molecule has 11 heteroatoms. The molecule has 2 aromatic carbocycles. The lowest BCUT2D eigenvalue weighted by Crippen LogP contribution is -2.53. The number of hydrogen-bond donors (Lipinski definition) is 1. The summed E-state index contributed by atoms with van der Waals surface area (Å²) in [5, 5.41) is 9.85. The smallest absolute Gasteiger partial charge is 0.425 e. The molecule has 0 bridgehead atoms. The summed E-state index contributed by atoms with van der Waals surface area (Å²) in [7, 11) is -1.67. The molecule has 0 aliphatic carbocycles. The highest BCUT2D eigenvalue weighted by atomic mass is 32.2. The lowest BCUT2D eigenvalue weighted by Gasteiger charge is -2.34. The largest absolute Gasteiger partial charge is 0.497 e. The maximum atomic E-state index is 14.0. The Kier molecular flexibility index (Phi) is 9.71. The van der Waals surface area contributed by atoms with Gasteiger partial charge in [0.05, 0.1) is 20.8 Å². The van der Waals surface area contributed by atoms with Gasteiger partial charge in [-0.05, 0) is 62.6 Å². The van der Waals surface area contributed by atoms with Crippen molar-refractivity contribution in [3.8, 4) is 11.5 Å². The van der Waals surface area contributed by atoms with Crippen LogP contribution in [0.4, 0.5) is 4.79 Å². The fourth-order valence-corrected chi connectivity index (χ4v) is 5.01. The maximum absolute atomic E-state index is 14.0. The molecule has 1 amide bonds. The highest BCUT2D eigenvalue weighted by Crippen LogP contribution is 2.25. The monoisotopic (exact) mass is 522 g/mol. The summed E-state index contributed by atoms with van der Waals surface area (Å²) in [6, 6.07) is 11.6. The first kappa shape index (κ1) is 28.9. The predicted molar refractivity (Wildman–Crippen MR) is 134 cm³/mol. The van der Waals surface area contributed by atoms with Gasteiger partial charge >= 0.3 is 22.3 Å². The average molecular weight is 523 g/mol. The average Bonchev–Trinajstić information content (AvgIpc) is 2.81. The number of nitrogens with zero attached hydrogens (tertiary/aromatic N) is 2. The van der Waals surface area contributed by atoms with Crippen LogP contribution in [0.1, 0.15) is 45.2 Å². The summed E-state index contributed by atoms with van der Waals surface area (Å²) in [5.41, 5.74) is 0.0216. The van der Waals surface area contributed by atoms with E-state index in [1.54, 1.807) is 76.2 Å². The van der Waals surface area contributed by atoms with Crippen LogP contribution < -0.4 is 9.47 Å². The number of carboxylic acid groups (broad SMARTS) is 1. The third kappa shape index (κ3) is 7.59. The number of aliphatic carboxylic acids is 1. The Bertz CT molecular complexity index is 1130. The van der Waals surface area contributed by atoms with Gasteiger partial charge in [-0.1, -0.05) is 31.2 Å². The van der Waals surface area contributed by atoms with E-state index in [0.717, 1.165) is 4.31 Å². The minimum atomic E-state index is -4.67. The van der Waals surface area contributed by atoms with E-state index in [-0.39, 0.29) is 19.5 Å². The first-order chi connectivity index (χ1) is 16.8. The van der Waals surface area contributed by atoms with E-state index < -0.39 is 33.9 Å². The van der Waals surface area contributed by atoms with Gasteiger partial charge in [-0.25, -0.2) is 4.79 Å². The van der Waals surface area contributed by atoms with Crippen molar-refractivity contribution in [3.05, 3.63) is 59.7 Å². The van der Waals surface area contributed by atoms with Crippen LogP contribution in [0, 0.1) is 0 Å². The number of carboxylic acids is 1. The zero-order chi connectivity index (χ0) is 27.1. The summed E-state index contributed by atoms with van der Waals surface area (Å²) in [4.78, 5) is 25.2. The number of ether oxygens (including phenoxy) is 3. The van der Waals surface area contributed by atoms with Gasteiger partial charge in [0.15, 0.2) is 0 Å². The third-order valence-electron chi connectivity index (χ3n) is 5.17. The van der Waals surface area contributed by atoms with Crippen LogP contribution in [0.15, 0.2) is 48.5 Å². The van der Waals surface area contributed by atoms with Gasteiger partial charge in [-0.3, -0.25) is 4.79 Å². The van der Waals surface area contributed by atoms with Gasteiger partial charge < -0.3 is 19.3 Å². The van der Waals surface area contributed by atoms with Crippen molar-refractivity contribution in [2.75, 3.05) is 14.2 Å². The molecule has 0 aliphatic rings. The maximum Gasteiger partial charge on any atom is 0.425 e. The van der Waals surface area contributed by atoms with Crippen molar-refractivity contribution in [1.82, 2.24) is 8.61 Å². The van der Waals surface area contributed by atoms with Crippen molar-refractivity contribution in [1.29, 1.82) is 0 Å². The van der Waals surface area contributed by atoms with E-state index in [2.05, 4.69) is 0 Å². The Morgan fingerprint density at radius 3 is 1.69 bits per heavy atom. The van der Waals surface area contributed by atoms with Crippen LogP contribution in [0.5, 0.6) is 11.5 Å². The van der Waals surface area contributed by atoms with Crippen molar-refractivity contribution in [2.24, 2.45) is 0 Å². The van der Waals surface area contributed by atoms with Gasteiger partial charge in [0, 0.05) is 6.54 Å². The van der Waals surface area contributed by atoms with E-state index in [1.807, 2.05) is 0 Å². The molecular formula is C25H34N2O8S. The van der Waals surface area contributed by atoms with Gasteiger partial charge in [0.2, 0.25) is 0 Å². The molecule has 198 valence electrons. The first-order valence-electron chi connectivity index (χ1n) is 11.3. The van der Waals surface area contributed by atoms with Crippen LogP contribution >= 0.6 is 0 Å². The zero-order valence-electron chi connectivity index (χ0n) is 21.4. The minimum absolute atomic E-state index is 0.0184. The van der Waals surface area contributed by atoms with Crippen molar-refractivity contribution in [3.63, 3.8) is 0 Å². The van der Waals surface area contributed by atoms with E-state index in [1.165, 1.54) is 14.2 Å². The van der Waals surface area contributed by atoms with Crippen molar-refractivity contribution < 1.29 is 37.3 Å². The van der Waals surface area contributed by atoms with Crippen molar-refractivity contribution >= 4 is 22.3 Å². The predicted octanol–water partition coefficient (Wildman–Crippen LogP) is 4.05. The lowest BCUT2D eigenvalue weighted by atomic mass is 10.2. The number of carbonyl (C=O) groups excluding carboxylic acids is 1. The second-order valence-corrected chi connectivity index (χ2v) is 10.8. The molecule has 0 heterocycles. The molecule has 0 aliphatic heterocycles. The Morgan fingerprint density at radius 1 is 0.889 bits per heavy atom. The normalized spacial score (nSPS) is 12.6. The van der Waals surface area contributed by atoms with Gasteiger partial charge in [-0.2, -0.15) is 17.0 Å². The highest BCUT2D eigenvalue weighted by molar-refractivity contribution is 7.87. The molecule has 0 aromatic heterocycles. The summed E-state index contributed by atoms with van der Waals surface area (Å²) in [6.45, 7) is 5.77. The SMILES string of the molecule is CCC(C(=O)O)N(Cc1ccc(OC)cc1)S(=O)(=O)N(Cc1ccc(OC)cc1)C(=O)OC(C)(C)C. The molecule has 1 unspecified atom stereocenters. The molecule has 0 saturated carbocycles. The standard InChI is InChI=1S/C25H34N2O8S/c1-7-22(23(28)29)26(16-18-8-12-20(33-5)13-9-18)36(31,32)27(24(30)35-25(2,3)4)17-19-10-14-21(34-6)15-11-19/h8-15,22H,7,16-17H2,1-6H3,(H,28,29). The van der Waals surface area contributed by atoms with Crippen LogP contribution in [-0.2, 0) is 32.8 Å². The summed E-state index contributed by atoms with van der Waals surface area (Å²) in [6.07, 6.45) is -1.13. The van der Waals surface area contributed by atoms with E-state index in [4.69, 9.17) is 14.2 Å². The van der Waals surface area contributed by atoms with E-state index >= 15 is 0 Å². The first-order valence-corrected chi connectivity index (χ1v) is 12.7. The summed E-state index contributed by atoms with van der Waals surface area (Å²) >= 11 is 0. The molecule has 2 rings (SSSR count). The van der Waals surface area contributed by atoms with Gasteiger partial charge in [0.1, 0.15) is 23.1 Å². The molecular weight excluding hydrogens is 488 g/mol. The molecule has 1 atom stereocenters. The summed E-state index contributed by atoms with van der Waals surface area (Å²) < 4.78 is 45.0. The Hall–Kier alpha value is -3.31. The van der Waals surface area contributed by atoms with Crippen LogP contribution in [0.25, 0.3) is 0 Å². The fraction of sp³-hybridized carbons (Fsp3) is 0.440. The quantitative estimate of drug-likeness (QED) is 0.469. The van der Waals surface area contributed by atoms with Gasteiger partial charge in [-0.15, -0.1) is 0 Å².